The lowest BCUT2D eigenvalue weighted by molar-refractivity contribution is 0.586. The third kappa shape index (κ3) is 2.85. The van der Waals surface area contributed by atoms with Crippen LogP contribution in [0.15, 0.2) is 42.6 Å². The molecular formula is C17H18N4S. The van der Waals surface area contributed by atoms with E-state index in [1.165, 1.54) is 0 Å². The van der Waals surface area contributed by atoms with E-state index in [9.17, 15) is 0 Å². The van der Waals surface area contributed by atoms with Crippen molar-refractivity contribution in [2.75, 3.05) is 5.73 Å². The van der Waals surface area contributed by atoms with E-state index in [0.717, 1.165) is 26.8 Å². The molecule has 0 amide bonds. The Morgan fingerprint density at radius 3 is 2.36 bits per heavy atom. The quantitative estimate of drug-likeness (QED) is 0.772. The molecule has 2 N–H and O–H groups in total. The highest BCUT2D eigenvalue weighted by Crippen LogP contribution is 2.39. The van der Waals surface area contributed by atoms with Crippen molar-refractivity contribution in [2.24, 2.45) is 0 Å². The van der Waals surface area contributed by atoms with E-state index in [-0.39, 0.29) is 11.4 Å². The predicted octanol–water partition coefficient (Wildman–Crippen LogP) is 4.15. The summed E-state index contributed by atoms with van der Waals surface area (Å²) in [5, 5.41) is 1.08. The normalized spacial score (nSPS) is 11.6. The number of anilines is 1. The number of hydrogen-bond donors (Lipinski definition) is 1. The second-order valence-corrected chi connectivity index (χ2v) is 7.11. The van der Waals surface area contributed by atoms with Gasteiger partial charge in [0, 0.05) is 17.2 Å². The molecule has 112 valence electrons. The van der Waals surface area contributed by atoms with Gasteiger partial charge in [-0.2, -0.15) is 0 Å². The Balaban J connectivity index is 2.22. The highest BCUT2D eigenvalue weighted by molar-refractivity contribution is 7.15. The fourth-order valence-electron chi connectivity index (χ4n) is 2.11. The van der Waals surface area contributed by atoms with E-state index < -0.39 is 0 Å². The van der Waals surface area contributed by atoms with Gasteiger partial charge in [-0.15, -0.1) is 11.3 Å². The number of nitrogens with two attached hydrogens (primary N) is 1. The third-order valence-electron chi connectivity index (χ3n) is 3.22. The van der Waals surface area contributed by atoms with Gasteiger partial charge in [0.2, 0.25) is 5.95 Å². The first-order valence-electron chi connectivity index (χ1n) is 7.11. The Kier molecular flexibility index (Phi) is 3.66. The second-order valence-electron chi connectivity index (χ2n) is 6.11. The maximum Gasteiger partial charge on any atom is 0.220 e. The summed E-state index contributed by atoms with van der Waals surface area (Å²) in [5.41, 5.74) is 8.59. The molecule has 0 aliphatic heterocycles. The van der Waals surface area contributed by atoms with Gasteiger partial charge < -0.3 is 5.73 Å². The molecule has 2 heterocycles. The monoisotopic (exact) mass is 310 g/mol. The smallest absolute Gasteiger partial charge is 0.220 e. The molecule has 2 aromatic heterocycles. The Labute approximate surface area is 134 Å². The van der Waals surface area contributed by atoms with Gasteiger partial charge in [0.1, 0.15) is 0 Å². The standard InChI is InChI=1S/C17H18N4S/c1-17(2,3)15-21-13(11-7-5-4-6-8-11)14(22-15)12-9-10-19-16(18)20-12/h4-10H,1-3H3,(H2,18,19,20). The van der Waals surface area contributed by atoms with Crippen LogP contribution in [0, 0.1) is 0 Å². The average Bonchev–Trinajstić information content (AvgIpc) is 2.93. The van der Waals surface area contributed by atoms with E-state index in [2.05, 4.69) is 42.9 Å². The highest BCUT2D eigenvalue weighted by atomic mass is 32.1. The Hall–Kier alpha value is -2.27. The van der Waals surface area contributed by atoms with Crippen LogP contribution in [-0.2, 0) is 5.41 Å². The van der Waals surface area contributed by atoms with Crippen LogP contribution in [0.4, 0.5) is 5.95 Å². The van der Waals surface area contributed by atoms with Crippen molar-refractivity contribution in [1.82, 2.24) is 15.0 Å². The fourth-order valence-corrected chi connectivity index (χ4v) is 3.22. The van der Waals surface area contributed by atoms with Crippen molar-refractivity contribution in [3.05, 3.63) is 47.6 Å². The molecule has 0 aliphatic rings. The van der Waals surface area contributed by atoms with Crippen LogP contribution in [0.5, 0.6) is 0 Å². The second kappa shape index (κ2) is 5.50. The first-order valence-corrected chi connectivity index (χ1v) is 7.92. The Bertz CT molecular complexity index is 788. The summed E-state index contributed by atoms with van der Waals surface area (Å²) in [6, 6.07) is 12.0. The number of hydrogen-bond acceptors (Lipinski definition) is 5. The molecule has 3 rings (SSSR count). The molecule has 0 bridgehead atoms. The number of nitrogen functional groups attached to an aromatic ring is 1. The van der Waals surface area contributed by atoms with Crippen LogP contribution in [-0.4, -0.2) is 15.0 Å². The molecule has 0 saturated heterocycles. The van der Waals surface area contributed by atoms with Crippen LogP contribution < -0.4 is 5.73 Å². The SMILES string of the molecule is CC(C)(C)c1nc(-c2ccccc2)c(-c2ccnc(N)n2)s1. The lowest BCUT2D eigenvalue weighted by Crippen LogP contribution is -2.10. The molecular weight excluding hydrogens is 292 g/mol. The molecule has 0 unspecified atom stereocenters. The van der Waals surface area contributed by atoms with Crippen molar-refractivity contribution >= 4 is 17.3 Å². The van der Waals surface area contributed by atoms with Crippen LogP contribution in [0.2, 0.25) is 0 Å². The molecule has 0 fully saturated rings. The van der Waals surface area contributed by atoms with Gasteiger partial charge in [-0.1, -0.05) is 51.1 Å². The first-order chi connectivity index (χ1) is 10.4. The van der Waals surface area contributed by atoms with Crippen LogP contribution >= 0.6 is 11.3 Å². The summed E-state index contributed by atoms with van der Waals surface area (Å²) in [4.78, 5) is 14.2. The number of thiazole rings is 1. The first kappa shape index (κ1) is 14.7. The van der Waals surface area contributed by atoms with Crippen molar-refractivity contribution in [3.8, 4) is 21.8 Å². The minimum Gasteiger partial charge on any atom is -0.368 e. The topological polar surface area (TPSA) is 64.7 Å². The van der Waals surface area contributed by atoms with E-state index in [1.54, 1.807) is 17.5 Å². The van der Waals surface area contributed by atoms with Crippen LogP contribution in [0.1, 0.15) is 25.8 Å². The zero-order valence-corrected chi connectivity index (χ0v) is 13.7. The molecule has 0 spiro atoms. The third-order valence-corrected chi connectivity index (χ3v) is 4.73. The van der Waals surface area contributed by atoms with Gasteiger partial charge >= 0.3 is 0 Å². The average molecular weight is 310 g/mol. The van der Waals surface area contributed by atoms with Crippen molar-refractivity contribution in [1.29, 1.82) is 0 Å². The fraction of sp³-hybridized carbons (Fsp3) is 0.235. The number of benzene rings is 1. The van der Waals surface area contributed by atoms with Gasteiger partial charge in [-0.3, -0.25) is 0 Å². The lowest BCUT2D eigenvalue weighted by atomic mass is 9.98. The largest absolute Gasteiger partial charge is 0.368 e. The summed E-state index contributed by atoms with van der Waals surface area (Å²) in [6.45, 7) is 6.50. The minimum atomic E-state index is -0.00891. The van der Waals surface area contributed by atoms with E-state index in [0.29, 0.717) is 0 Å². The summed E-state index contributed by atoms with van der Waals surface area (Å²) in [7, 11) is 0. The number of nitrogens with zero attached hydrogens (tertiary/aromatic N) is 3. The summed E-state index contributed by atoms with van der Waals surface area (Å²) >= 11 is 1.67. The van der Waals surface area contributed by atoms with E-state index in [1.807, 2.05) is 24.3 Å². The molecule has 3 aromatic rings. The van der Waals surface area contributed by atoms with Gasteiger partial charge in [-0.05, 0) is 6.07 Å². The zero-order chi connectivity index (χ0) is 15.7. The molecule has 22 heavy (non-hydrogen) atoms. The van der Waals surface area contributed by atoms with E-state index in [4.69, 9.17) is 10.7 Å². The summed E-state index contributed by atoms with van der Waals surface area (Å²) < 4.78 is 0. The van der Waals surface area contributed by atoms with Gasteiger partial charge in [-0.25, -0.2) is 15.0 Å². The van der Waals surface area contributed by atoms with Gasteiger partial charge in [0.15, 0.2) is 0 Å². The molecule has 0 aliphatic carbocycles. The predicted molar refractivity (Wildman–Crippen MR) is 91.7 cm³/mol. The number of rotatable bonds is 2. The van der Waals surface area contributed by atoms with Gasteiger partial charge in [0.25, 0.3) is 0 Å². The van der Waals surface area contributed by atoms with Crippen molar-refractivity contribution in [2.45, 2.75) is 26.2 Å². The number of aromatic nitrogens is 3. The van der Waals surface area contributed by atoms with Crippen LogP contribution in [0.3, 0.4) is 0 Å². The maximum absolute atomic E-state index is 5.74. The van der Waals surface area contributed by atoms with Crippen LogP contribution in [0.25, 0.3) is 21.8 Å². The summed E-state index contributed by atoms with van der Waals surface area (Å²) in [5.74, 6) is 0.280. The lowest BCUT2D eigenvalue weighted by Gasteiger charge is -2.13. The van der Waals surface area contributed by atoms with Crippen molar-refractivity contribution in [3.63, 3.8) is 0 Å². The zero-order valence-electron chi connectivity index (χ0n) is 12.9. The minimum absolute atomic E-state index is 0.00891. The molecule has 0 atom stereocenters. The molecule has 1 aromatic carbocycles. The Morgan fingerprint density at radius 2 is 1.73 bits per heavy atom. The van der Waals surface area contributed by atoms with Crippen molar-refractivity contribution < 1.29 is 0 Å². The Morgan fingerprint density at radius 1 is 1.00 bits per heavy atom. The molecule has 0 saturated carbocycles. The van der Waals surface area contributed by atoms with E-state index >= 15 is 0 Å². The maximum atomic E-state index is 5.74. The summed E-state index contributed by atoms with van der Waals surface area (Å²) in [6.07, 6.45) is 1.68. The molecule has 5 heteroatoms. The molecule has 0 radical (unpaired) electrons. The highest BCUT2D eigenvalue weighted by Gasteiger charge is 2.23. The molecule has 4 nitrogen and oxygen atoms in total. The van der Waals surface area contributed by atoms with Gasteiger partial charge in [0.05, 0.1) is 21.3 Å².